The fraction of sp³-hybridized carbons (Fsp3) is 0.455. The zero-order valence-electron chi connectivity index (χ0n) is 16.9. The highest BCUT2D eigenvalue weighted by Crippen LogP contribution is 2.37. The van der Waals surface area contributed by atoms with Crippen LogP contribution in [0.4, 0.5) is 10.8 Å². The van der Waals surface area contributed by atoms with Crippen LogP contribution in [0.15, 0.2) is 18.3 Å². The summed E-state index contributed by atoms with van der Waals surface area (Å²) >= 11 is 1.57. The molecule has 4 rings (SSSR count). The van der Waals surface area contributed by atoms with Gasteiger partial charge in [-0.2, -0.15) is 10.5 Å². The van der Waals surface area contributed by atoms with Crippen LogP contribution in [0.3, 0.4) is 0 Å². The van der Waals surface area contributed by atoms with Crippen LogP contribution in [0.25, 0.3) is 0 Å². The van der Waals surface area contributed by atoms with Crippen LogP contribution < -0.4 is 10.2 Å². The Kier molecular flexibility index (Phi) is 6.27. The van der Waals surface area contributed by atoms with E-state index in [-0.39, 0.29) is 5.91 Å². The van der Waals surface area contributed by atoms with Gasteiger partial charge in [0.25, 0.3) is 0 Å². The molecule has 0 unspecified atom stereocenters. The number of piperazine rings is 1. The van der Waals surface area contributed by atoms with E-state index < -0.39 is 0 Å². The first-order chi connectivity index (χ1) is 14.7. The van der Waals surface area contributed by atoms with Crippen molar-refractivity contribution in [2.45, 2.75) is 32.1 Å². The molecule has 0 atom stereocenters. The molecule has 2 aromatic rings. The number of nitrogens with one attached hydrogen (secondary N) is 1. The van der Waals surface area contributed by atoms with Crippen LogP contribution in [0.1, 0.15) is 40.8 Å². The van der Waals surface area contributed by atoms with Crippen LogP contribution in [0.2, 0.25) is 0 Å². The van der Waals surface area contributed by atoms with Gasteiger partial charge in [0.2, 0.25) is 5.91 Å². The van der Waals surface area contributed by atoms with Gasteiger partial charge in [-0.1, -0.05) is 0 Å². The van der Waals surface area contributed by atoms with E-state index in [4.69, 9.17) is 5.26 Å². The van der Waals surface area contributed by atoms with Gasteiger partial charge >= 0.3 is 0 Å². The van der Waals surface area contributed by atoms with E-state index in [1.54, 1.807) is 23.6 Å². The third-order valence-electron chi connectivity index (χ3n) is 5.76. The lowest BCUT2D eigenvalue weighted by Crippen LogP contribution is -2.47. The Morgan fingerprint density at radius 2 is 1.97 bits per heavy atom. The number of carbonyl (C=O) groups is 1. The van der Waals surface area contributed by atoms with Crippen LogP contribution >= 0.6 is 11.3 Å². The Bertz CT molecular complexity index is 1010. The molecule has 3 heterocycles. The molecule has 2 aliphatic rings. The molecule has 1 aliphatic carbocycles. The number of anilines is 2. The number of aromatic nitrogens is 1. The zero-order chi connectivity index (χ0) is 20.9. The van der Waals surface area contributed by atoms with Gasteiger partial charge in [-0.05, 0) is 43.4 Å². The molecule has 1 aliphatic heterocycles. The van der Waals surface area contributed by atoms with Crippen molar-refractivity contribution in [3.05, 3.63) is 39.9 Å². The fourth-order valence-electron chi connectivity index (χ4n) is 4.08. The quantitative estimate of drug-likeness (QED) is 0.799. The summed E-state index contributed by atoms with van der Waals surface area (Å²) in [4.78, 5) is 22.6. The molecule has 1 fully saturated rings. The number of nitriles is 2. The SMILES string of the molecule is N#Cc1ccnc(N2CCN(CCC(=O)Nc3sc4c(c3C#N)CCCC4)CC2)c1. The molecule has 0 saturated carbocycles. The predicted molar refractivity (Wildman–Crippen MR) is 117 cm³/mol. The Balaban J connectivity index is 1.27. The predicted octanol–water partition coefficient (Wildman–Crippen LogP) is 2.92. The average molecular weight is 421 g/mol. The largest absolute Gasteiger partial charge is 0.354 e. The van der Waals surface area contributed by atoms with Crippen molar-refractivity contribution < 1.29 is 4.79 Å². The highest BCUT2D eigenvalue weighted by Gasteiger charge is 2.23. The number of nitrogens with zero attached hydrogens (tertiary/aromatic N) is 5. The maximum absolute atomic E-state index is 12.5. The van der Waals surface area contributed by atoms with E-state index in [1.807, 2.05) is 6.07 Å². The minimum atomic E-state index is -0.0316. The molecular weight excluding hydrogens is 396 g/mol. The molecular formula is C22H24N6OS. The fourth-order valence-corrected chi connectivity index (χ4v) is 5.34. The monoisotopic (exact) mass is 420 g/mol. The van der Waals surface area contributed by atoms with E-state index in [2.05, 4.69) is 32.2 Å². The lowest BCUT2D eigenvalue weighted by Gasteiger charge is -2.35. The summed E-state index contributed by atoms with van der Waals surface area (Å²) in [7, 11) is 0. The molecule has 0 aromatic carbocycles. The number of hydrogen-bond donors (Lipinski definition) is 1. The van der Waals surface area contributed by atoms with Gasteiger partial charge in [-0.15, -0.1) is 11.3 Å². The van der Waals surface area contributed by atoms with Crippen LogP contribution in [-0.2, 0) is 17.6 Å². The van der Waals surface area contributed by atoms with Crippen molar-refractivity contribution in [1.29, 1.82) is 10.5 Å². The second kappa shape index (κ2) is 9.25. The second-order valence-electron chi connectivity index (χ2n) is 7.67. The summed E-state index contributed by atoms with van der Waals surface area (Å²) in [6.45, 7) is 4.03. The molecule has 154 valence electrons. The first-order valence-electron chi connectivity index (χ1n) is 10.4. The van der Waals surface area contributed by atoms with Crippen molar-refractivity contribution >= 4 is 28.1 Å². The number of hydrogen-bond acceptors (Lipinski definition) is 7. The van der Waals surface area contributed by atoms with Crippen LogP contribution in [-0.4, -0.2) is 48.5 Å². The first kappa shape index (κ1) is 20.3. The van der Waals surface area contributed by atoms with Gasteiger partial charge in [0, 0.05) is 50.2 Å². The molecule has 0 bridgehead atoms. The molecule has 30 heavy (non-hydrogen) atoms. The minimum Gasteiger partial charge on any atom is -0.354 e. The van der Waals surface area contributed by atoms with Crippen LogP contribution in [0.5, 0.6) is 0 Å². The second-order valence-corrected chi connectivity index (χ2v) is 8.77. The average Bonchev–Trinajstić information content (AvgIpc) is 3.15. The molecule has 1 saturated heterocycles. The third-order valence-corrected chi connectivity index (χ3v) is 6.97. The maximum Gasteiger partial charge on any atom is 0.226 e. The molecule has 0 radical (unpaired) electrons. The van der Waals surface area contributed by atoms with Crippen molar-refractivity contribution in [1.82, 2.24) is 9.88 Å². The zero-order valence-corrected chi connectivity index (χ0v) is 17.7. The van der Waals surface area contributed by atoms with Gasteiger partial charge in [0.05, 0.1) is 17.2 Å². The van der Waals surface area contributed by atoms with Gasteiger partial charge in [0.1, 0.15) is 16.9 Å². The highest BCUT2D eigenvalue weighted by atomic mass is 32.1. The molecule has 2 aromatic heterocycles. The van der Waals surface area contributed by atoms with E-state index in [9.17, 15) is 10.1 Å². The molecule has 1 N–H and O–H groups in total. The Morgan fingerprint density at radius 3 is 2.73 bits per heavy atom. The molecule has 7 nitrogen and oxygen atoms in total. The molecule has 0 spiro atoms. The van der Waals surface area contributed by atoms with Gasteiger partial charge < -0.3 is 10.2 Å². The minimum absolute atomic E-state index is 0.0316. The summed E-state index contributed by atoms with van der Waals surface area (Å²) in [5.41, 5.74) is 2.43. The first-order valence-corrected chi connectivity index (χ1v) is 11.2. The smallest absolute Gasteiger partial charge is 0.226 e. The van der Waals surface area contributed by atoms with Crippen molar-refractivity contribution in [2.75, 3.05) is 42.9 Å². The van der Waals surface area contributed by atoms with E-state index in [0.29, 0.717) is 24.1 Å². The third kappa shape index (κ3) is 4.46. The normalized spacial score (nSPS) is 16.4. The number of pyridine rings is 1. The number of rotatable bonds is 5. The number of fused-ring (bicyclic) bond motifs is 1. The summed E-state index contributed by atoms with van der Waals surface area (Å²) in [6, 6.07) is 7.97. The molecule has 1 amide bonds. The Labute approximate surface area is 180 Å². The summed E-state index contributed by atoms with van der Waals surface area (Å²) < 4.78 is 0. The van der Waals surface area contributed by atoms with E-state index in [0.717, 1.165) is 68.2 Å². The van der Waals surface area contributed by atoms with Gasteiger partial charge in [0.15, 0.2) is 0 Å². The Morgan fingerprint density at radius 1 is 1.17 bits per heavy atom. The maximum atomic E-state index is 12.5. The highest BCUT2D eigenvalue weighted by molar-refractivity contribution is 7.16. The summed E-state index contributed by atoms with van der Waals surface area (Å²) in [5, 5.41) is 22.3. The lowest BCUT2D eigenvalue weighted by molar-refractivity contribution is -0.116. The van der Waals surface area contributed by atoms with E-state index in [1.165, 1.54) is 4.88 Å². The number of carbonyl (C=O) groups excluding carboxylic acids is 1. The standard InChI is InChI=1S/C22H24N6OS/c23-14-16-5-7-25-20(13-16)28-11-9-27(10-12-28)8-6-21(29)26-22-18(15-24)17-3-1-2-4-19(17)30-22/h5,7,13H,1-4,6,8-12H2,(H,26,29). The van der Waals surface area contributed by atoms with Crippen molar-refractivity contribution in [2.24, 2.45) is 0 Å². The van der Waals surface area contributed by atoms with Gasteiger partial charge in [-0.25, -0.2) is 4.98 Å². The number of amides is 1. The Hall–Kier alpha value is -2.94. The summed E-state index contributed by atoms with van der Waals surface area (Å²) in [5.74, 6) is 0.799. The lowest BCUT2D eigenvalue weighted by atomic mass is 9.96. The van der Waals surface area contributed by atoms with Gasteiger partial charge in [-0.3, -0.25) is 9.69 Å². The van der Waals surface area contributed by atoms with Crippen molar-refractivity contribution in [3.63, 3.8) is 0 Å². The number of aryl methyl sites for hydroxylation is 1. The number of thiophene rings is 1. The van der Waals surface area contributed by atoms with E-state index >= 15 is 0 Å². The molecule has 8 heteroatoms. The topological polar surface area (TPSA) is 96.1 Å². The van der Waals surface area contributed by atoms with Crippen molar-refractivity contribution in [3.8, 4) is 12.1 Å². The van der Waals surface area contributed by atoms with Crippen LogP contribution in [0, 0.1) is 22.7 Å². The summed E-state index contributed by atoms with van der Waals surface area (Å²) in [6.07, 6.45) is 6.32.